The number of ether oxygens (including phenoxy) is 2. The molecule has 0 aliphatic carbocycles. The van der Waals surface area contributed by atoms with Crippen molar-refractivity contribution in [2.45, 2.75) is 31.7 Å². The summed E-state index contributed by atoms with van der Waals surface area (Å²) in [7, 11) is -2.35. The van der Waals surface area contributed by atoms with E-state index in [4.69, 9.17) is 14.6 Å². The zero-order valence-corrected chi connectivity index (χ0v) is 13.4. The van der Waals surface area contributed by atoms with Gasteiger partial charge < -0.3 is 14.0 Å². The van der Waals surface area contributed by atoms with E-state index in [1.54, 1.807) is 0 Å². The van der Waals surface area contributed by atoms with Crippen molar-refractivity contribution in [3.05, 3.63) is 18.0 Å². The van der Waals surface area contributed by atoms with Crippen LogP contribution in [0.15, 0.2) is 17.2 Å². The standard InChI is InChI=1S/C13H22N2O5S/c1-10(2)4-6-20-13(16)12-8-11(21(14,17)18)9-15(12)5-7-19-3/h8-10H,4-7H2,1-3H3,(H2,14,17,18). The van der Waals surface area contributed by atoms with Gasteiger partial charge in [-0.25, -0.2) is 18.4 Å². The summed E-state index contributed by atoms with van der Waals surface area (Å²) in [6.45, 7) is 5.00. The van der Waals surface area contributed by atoms with Crippen molar-refractivity contribution in [1.29, 1.82) is 0 Å². The van der Waals surface area contributed by atoms with Crippen LogP contribution >= 0.6 is 0 Å². The van der Waals surface area contributed by atoms with E-state index < -0.39 is 16.0 Å². The number of primary sulfonamides is 1. The van der Waals surface area contributed by atoms with Crippen LogP contribution in [0.3, 0.4) is 0 Å². The molecule has 1 aromatic heterocycles. The van der Waals surface area contributed by atoms with Crippen LogP contribution in [0, 0.1) is 5.92 Å². The summed E-state index contributed by atoms with van der Waals surface area (Å²) in [4.78, 5) is 11.9. The molecule has 1 rings (SSSR count). The number of aromatic nitrogens is 1. The van der Waals surface area contributed by atoms with Crippen LogP contribution in [-0.4, -0.2) is 39.3 Å². The van der Waals surface area contributed by atoms with E-state index in [0.717, 1.165) is 6.42 Å². The van der Waals surface area contributed by atoms with Crippen molar-refractivity contribution in [2.75, 3.05) is 20.3 Å². The molecule has 0 radical (unpaired) electrons. The normalized spacial score (nSPS) is 11.9. The first kappa shape index (κ1) is 17.7. The minimum Gasteiger partial charge on any atom is -0.461 e. The highest BCUT2D eigenvalue weighted by atomic mass is 32.2. The van der Waals surface area contributed by atoms with Crippen LogP contribution < -0.4 is 5.14 Å². The smallest absolute Gasteiger partial charge is 0.354 e. The zero-order valence-electron chi connectivity index (χ0n) is 12.5. The Morgan fingerprint density at radius 1 is 1.38 bits per heavy atom. The highest BCUT2D eigenvalue weighted by Gasteiger charge is 2.20. The van der Waals surface area contributed by atoms with Crippen molar-refractivity contribution in [3.8, 4) is 0 Å². The van der Waals surface area contributed by atoms with E-state index in [2.05, 4.69) is 0 Å². The maximum absolute atomic E-state index is 12.0. The first-order valence-corrected chi connectivity index (χ1v) is 8.19. The molecule has 0 unspecified atom stereocenters. The largest absolute Gasteiger partial charge is 0.461 e. The molecule has 0 saturated carbocycles. The summed E-state index contributed by atoms with van der Waals surface area (Å²) in [6.07, 6.45) is 2.06. The third-order valence-corrected chi connectivity index (χ3v) is 3.75. The minimum absolute atomic E-state index is 0.116. The number of nitrogens with zero attached hydrogens (tertiary/aromatic N) is 1. The highest BCUT2D eigenvalue weighted by Crippen LogP contribution is 2.15. The molecule has 0 amide bonds. The van der Waals surface area contributed by atoms with Gasteiger partial charge in [-0.1, -0.05) is 13.8 Å². The number of hydrogen-bond acceptors (Lipinski definition) is 5. The number of carbonyl (C=O) groups excluding carboxylic acids is 1. The van der Waals surface area contributed by atoms with Gasteiger partial charge >= 0.3 is 5.97 Å². The van der Waals surface area contributed by atoms with Crippen LogP contribution in [0.5, 0.6) is 0 Å². The van der Waals surface area contributed by atoms with Crippen LogP contribution in [0.1, 0.15) is 30.8 Å². The average Bonchev–Trinajstić information content (AvgIpc) is 2.79. The van der Waals surface area contributed by atoms with Gasteiger partial charge in [-0.2, -0.15) is 0 Å². The lowest BCUT2D eigenvalue weighted by Gasteiger charge is -2.09. The SMILES string of the molecule is COCCn1cc(S(N)(=O)=O)cc1C(=O)OCCC(C)C. The fourth-order valence-electron chi connectivity index (χ4n) is 1.65. The number of hydrogen-bond donors (Lipinski definition) is 1. The lowest BCUT2D eigenvalue weighted by Crippen LogP contribution is -2.15. The maximum atomic E-state index is 12.0. The Morgan fingerprint density at radius 3 is 2.57 bits per heavy atom. The molecular formula is C13H22N2O5S. The first-order chi connectivity index (χ1) is 9.75. The molecule has 0 saturated heterocycles. The van der Waals surface area contributed by atoms with Crippen LogP contribution in [0.2, 0.25) is 0 Å². The highest BCUT2D eigenvalue weighted by molar-refractivity contribution is 7.89. The van der Waals surface area contributed by atoms with Crippen LogP contribution in [0.25, 0.3) is 0 Å². The predicted molar refractivity (Wildman–Crippen MR) is 77.4 cm³/mol. The Kier molecular flexibility index (Phi) is 6.38. The third kappa shape index (κ3) is 5.49. The Morgan fingerprint density at radius 2 is 2.05 bits per heavy atom. The molecule has 21 heavy (non-hydrogen) atoms. The molecular weight excluding hydrogens is 296 g/mol. The third-order valence-electron chi connectivity index (χ3n) is 2.87. The van der Waals surface area contributed by atoms with Gasteiger partial charge in [-0.05, 0) is 18.4 Å². The van der Waals surface area contributed by atoms with Crippen molar-refractivity contribution < 1.29 is 22.7 Å². The van der Waals surface area contributed by atoms with Gasteiger partial charge in [0.1, 0.15) is 10.6 Å². The van der Waals surface area contributed by atoms with Crippen LogP contribution in [0.4, 0.5) is 0 Å². The Hall–Kier alpha value is -1.38. The summed E-state index contributed by atoms with van der Waals surface area (Å²) in [5, 5.41) is 5.08. The lowest BCUT2D eigenvalue weighted by molar-refractivity contribution is 0.0473. The Balaban J connectivity index is 2.91. The Labute approximate surface area is 125 Å². The second-order valence-corrected chi connectivity index (χ2v) is 6.67. The second kappa shape index (κ2) is 7.58. The molecule has 7 nitrogen and oxygen atoms in total. The lowest BCUT2D eigenvalue weighted by atomic mass is 10.1. The Bertz CT molecular complexity index is 577. The quantitative estimate of drug-likeness (QED) is 0.720. The molecule has 0 fully saturated rings. The van der Waals surface area contributed by atoms with Gasteiger partial charge in [-0.3, -0.25) is 0 Å². The monoisotopic (exact) mass is 318 g/mol. The summed E-state index contributed by atoms with van der Waals surface area (Å²) in [5.41, 5.74) is 0.153. The number of nitrogens with two attached hydrogens (primary N) is 1. The number of rotatable bonds is 8. The zero-order chi connectivity index (χ0) is 16.0. The van der Waals surface area contributed by atoms with E-state index in [1.807, 2.05) is 13.8 Å². The fourth-order valence-corrected chi connectivity index (χ4v) is 2.20. The van der Waals surface area contributed by atoms with Crippen LogP contribution in [-0.2, 0) is 26.0 Å². The predicted octanol–water partition coefficient (Wildman–Crippen LogP) is 0.985. The average molecular weight is 318 g/mol. The van der Waals surface area contributed by atoms with E-state index >= 15 is 0 Å². The number of esters is 1. The molecule has 0 bridgehead atoms. The van der Waals surface area contributed by atoms with Gasteiger partial charge in [0.15, 0.2) is 0 Å². The molecule has 0 aliphatic rings. The van der Waals surface area contributed by atoms with E-state index in [1.165, 1.54) is 23.9 Å². The van der Waals surface area contributed by atoms with Gasteiger partial charge in [0.05, 0.1) is 13.2 Å². The molecule has 0 aliphatic heterocycles. The first-order valence-electron chi connectivity index (χ1n) is 6.64. The van der Waals surface area contributed by atoms with Crippen molar-refractivity contribution in [3.63, 3.8) is 0 Å². The summed E-state index contributed by atoms with van der Waals surface area (Å²) in [6, 6.07) is 1.22. The number of carbonyl (C=O) groups is 1. The molecule has 8 heteroatoms. The van der Waals surface area contributed by atoms with Crippen molar-refractivity contribution in [1.82, 2.24) is 4.57 Å². The van der Waals surface area contributed by atoms with Gasteiger partial charge in [0.2, 0.25) is 10.0 Å². The molecule has 0 atom stereocenters. The van der Waals surface area contributed by atoms with Crippen molar-refractivity contribution in [2.24, 2.45) is 11.1 Å². The molecule has 1 aromatic rings. The fraction of sp³-hybridized carbons (Fsp3) is 0.615. The topological polar surface area (TPSA) is 101 Å². The van der Waals surface area contributed by atoms with Gasteiger partial charge in [0, 0.05) is 19.9 Å². The molecule has 0 aromatic carbocycles. The molecule has 120 valence electrons. The number of sulfonamides is 1. The minimum atomic E-state index is -3.87. The van der Waals surface area contributed by atoms with Gasteiger partial charge in [0.25, 0.3) is 0 Å². The summed E-state index contributed by atoms with van der Waals surface area (Å²) in [5.74, 6) is -0.153. The van der Waals surface area contributed by atoms with E-state index in [9.17, 15) is 13.2 Å². The van der Waals surface area contributed by atoms with E-state index in [0.29, 0.717) is 19.1 Å². The summed E-state index contributed by atoms with van der Waals surface area (Å²) >= 11 is 0. The van der Waals surface area contributed by atoms with Gasteiger partial charge in [-0.15, -0.1) is 0 Å². The maximum Gasteiger partial charge on any atom is 0.354 e. The van der Waals surface area contributed by atoms with E-state index in [-0.39, 0.29) is 17.2 Å². The molecule has 0 spiro atoms. The molecule has 1 heterocycles. The second-order valence-electron chi connectivity index (χ2n) is 5.11. The summed E-state index contributed by atoms with van der Waals surface area (Å²) < 4.78 is 34.3. The molecule has 2 N–H and O–H groups in total. The number of methoxy groups -OCH3 is 1. The van der Waals surface area contributed by atoms with Crippen molar-refractivity contribution >= 4 is 16.0 Å².